The highest BCUT2D eigenvalue weighted by atomic mass is 16.2. The Bertz CT molecular complexity index is 685. The summed E-state index contributed by atoms with van der Waals surface area (Å²) in [5, 5.41) is 9.21. The van der Waals surface area contributed by atoms with Gasteiger partial charge in [0.15, 0.2) is 0 Å². The topological polar surface area (TPSA) is 104 Å². The molecule has 0 saturated heterocycles. The van der Waals surface area contributed by atoms with Gasteiger partial charge >= 0.3 is 0 Å². The number of hydrogen-bond donors (Lipinski definition) is 3. The van der Waals surface area contributed by atoms with Crippen LogP contribution in [0.25, 0.3) is 0 Å². The molecule has 7 nitrogen and oxygen atoms in total. The molecule has 0 spiro atoms. The number of aromatic nitrogens is 4. The van der Waals surface area contributed by atoms with E-state index >= 15 is 0 Å². The fourth-order valence-corrected chi connectivity index (χ4v) is 2.07. The summed E-state index contributed by atoms with van der Waals surface area (Å²) in [5.41, 5.74) is 0.947. The molecule has 1 aliphatic carbocycles. The molecule has 3 rings (SSSR count). The standard InChI is InChI=1S/C13H15N5O2/c1-7-10(12(19)14-6-9-4-5-15-18-9)13(20)17-11(16-7)8-2-3-8/h4-5,8H,2-3,6H2,1H3,(H,14,19)(H,15,18)(H,16,17,20). The van der Waals surface area contributed by atoms with Crippen molar-refractivity contribution in [3.63, 3.8) is 0 Å². The maximum atomic E-state index is 12.1. The summed E-state index contributed by atoms with van der Waals surface area (Å²) >= 11 is 0. The van der Waals surface area contributed by atoms with Crippen LogP contribution in [-0.4, -0.2) is 26.1 Å². The average Bonchev–Trinajstić information content (AvgIpc) is 3.13. The predicted molar refractivity (Wildman–Crippen MR) is 71.3 cm³/mol. The summed E-state index contributed by atoms with van der Waals surface area (Å²) in [6, 6.07) is 1.76. The van der Waals surface area contributed by atoms with Crippen LogP contribution in [0.3, 0.4) is 0 Å². The summed E-state index contributed by atoms with van der Waals surface area (Å²) in [7, 11) is 0. The van der Waals surface area contributed by atoms with Crippen LogP contribution in [0.1, 0.15) is 46.3 Å². The molecule has 2 heterocycles. The molecule has 0 bridgehead atoms. The zero-order valence-electron chi connectivity index (χ0n) is 11.1. The molecule has 1 aliphatic rings. The Morgan fingerprint density at radius 3 is 2.90 bits per heavy atom. The van der Waals surface area contributed by atoms with Crippen LogP contribution in [0.4, 0.5) is 0 Å². The number of hydrogen-bond acceptors (Lipinski definition) is 4. The van der Waals surface area contributed by atoms with E-state index in [1.165, 1.54) is 0 Å². The predicted octanol–water partition coefficient (Wildman–Crippen LogP) is 0.609. The van der Waals surface area contributed by atoms with Gasteiger partial charge in [0, 0.05) is 12.1 Å². The number of amides is 1. The fraction of sp³-hybridized carbons (Fsp3) is 0.385. The molecule has 3 N–H and O–H groups in total. The molecule has 1 amide bonds. The third-order valence-electron chi connectivity index (χ3n) is 3.31. The Morgan fingerprint density at radius 1 is 1.50 bits per heavy atom. The molecule has 2 aromatic rings. The first-order chi connectivity index (χ1) is 9.65. The second-order valence-electron chi connectivity index (χ2n) is 4.95. The highest BCUT2D eigenvalue weighted by molar-refractivity contribution is 5.94. The van der Waals surface area contributed by atoms with Crippen LogP contribution in [0.15, 0.2) is 17.1 Å². The minimum atomic E-state index is -0.423. The molecule has 0 unspecified atom stereocenters. The molecule has 1 saturated carbocycles. The first-order valence-corrected chi connectivity index (χ1v) is 6.52. The third-order valence-corrected chi connectivity index (χ3v) is 3.31. The van der Waals surface area contributed by atoms with E-state index in [9.17, 15) is 9.59 Å². The fourth-order valence-electron chi connectivity index (χ4n) is 2.07. The second kappa shape index (κ2) is 4.92. The molecular formula is C13H15N5O2. The van der Waals surface area contributed by atoms with Crippen LogP contribution in [0.5, 0.6) is 0 Å². The number of carbonyl (C=O) groups excluding carboxylic acids is 1. The molecule has 104 valence electrons. The third kappa shape index (κ3) is 2.47. The number of nitrogens with one attached hydrogen (secondary N) is 3. The average molecular weight is 273 g/mol. The van der Waals surface area contributed by atoms with Gasteiger partial charge in [-0.1, -0.05) is 0 Å². The molecular weight excluding hydrogens is 258 g/mol. The van der Waals surface area contributed by atoms with Crippen molar-refractivity contribution >= 4 is 5.91 Å². The van der Waals surface area contributed by atoms with E-state index in [0.717, 1.165) is 18.5 Å². The normalized spacial score (nSPS) is 14.2. The van der Waals surface area contributed by atoms with Gasteiger partial charge < -0.3 is 10.3 Å². The van der Waals surface area contributed by atoms with Gasteiger partial charge in [-0.3, -0.25) is 14.7 Å². The smallest absolute Gasteiger partial charge is 0.264 e. The Kier molecular flexibility index (Phi) is 3.09. The van der Waals surface area contributed by atoms with Crippen LogP contribution < -0.4 is 10.9 Å². The number of aromatic amines is 2. The number of rotatable bonds is 4. The van der Waals surface area contributed by atoms with Crippen LogP contribution >= 0.6 is 0 Å². The molecule has 7 heteroatoms. The van der Waals surface area contributed by atoms with Gasteiger partial charge in [-0.05, 0) is 25.8 Å². The first-order valence-electron chi connectivity index (χ1n) is 6.52. The van der Waals surface area contributed by atoms with Gasteiger partial charge in [-0.25, -0.2) is 4.98 Å². The first kappa shape index (κ1) is 12.6. The van der Waals surface area contributed by atoms with E-state index in [-0.39, 0.29) is 11.1 Å². The van der Waals surface area contributed by atoms with Crippen LogP contribution in [0, 0.1) is 6.92 Å². The van der Waals surface area contributed by atoms with Crippen molar-refractivity contribution in [3.8, 4) is 0 Å². The number of nitrogens with zero attached hydrogens (tertiary/aromatic N) is 2. The summed E-state index contributed by atoms with van der Waals surface area (Å²) in [6.45, 7) is 1.98. The molecule has 0 radical (unpaired) electrons. The summed E-state index contributed by atoms with van der Waals surface area (Å²) in [4.78, 5) is 31.1. The Labute approximate surface area is 114 Å². The van der Waals surface area contributed by atoms with Gasteiger partial charge in [0.2, 0.25) is 0 Å². The molecule has 0 aromatic carbocycles. The minimum absolute atomic E-state index is 0.0777. The molecule has 1 fully saturated rings. The quantitative estimate of drug-likeness (QED) is 0.759. The monoisotopic (exact) mass is 273 g/mol. The Morgan fingerprint density at radius 2 is 2.30 bits per heavy atom. The number of carbonyl (C=O) groups is 1. The van der Waals surface area contributed by atoms with Crippen molar-refractivity contribution in [1.82, 2.24) is 25.5 Å². The van der Waals surface area contributed by atoms with Crippen molar-refractivity contribution in [3.05, 3.63) is 45.4 Å². The van der Waals surface area contributed by atoms with Crippen LogP contribution in [-0.2, 0) is 6.54 Å². The number of H-pyrrole nitrogens is 2. The van der Waals surface area contributed by atoms with Crippen molar-refractivity contribution in [2.45, 2.75) is 32.2 Å². The van der Waals surface area contributed by atoms with E-state index in [1.54, 1.807) is 19.2 Å². The van der Waals surface area contributed by atoms with Gasteiger partial charge in [0.25, 0.3) is 11.5 Å². The molecule has 0 atom stereocenters. The zero-order valence-corrected chi connectivity index (χ0v) is 11.1. The lowest BCUT2D eigenvalue weighted by atomic mass is 10.2. The SMILES string of the molecule is Cc1nc(C2CC2)[nH]c(=O)c1C(=O)NCc1ccn[nH]1. The molecule has 0 aliphatic heterocycles. The van der Waals surface area contributed by atoms with Crippen molar-refractivity contribution in [2.75, 3.05) is 0 Å². The summed E-state index contributed by atoms with van der Waals surface area (Å²) in [5.74, 6) is 0.620. The van der Waals surface area contributed by atoms with Crippen molar-refractivity contribution in [2.24, 2.45) is 0 Å². The van der Waals surface area contributed by atoms with E-state index < -0.39 is 5.91 Å². The molecule has 2 aromatic heterocycles. The Balaban J connectivity index is 1.78. The van der Waals surface area contributed by atoms with Gasteiger partial charge in [-0.2, -0.15) is 5.10 Å². The van der Waals surface area contributed by atoms with Crippen LogP contribution in [0.2, 0.25) is 0 Å². The summed E-state index contributed by atoms with van der Waals surface area (Å²) < 4.78 is 0. The van der Waals surface area contributed by atoms with Crippen molar-refractivity contribution < 1.29 is 4.79 Å². The summed E-state index contributed by atoms with van der Waals surface area (Å²) in [6.07, 6.45) is 3.70. The number of aryl methyl sites for hydroxylation is 1. The van der Waals surface area contributed by atoms with E-state index in [0.29, 0.717) is 24.0 Å². The lowest BCUT2D eigenvalue weighted by molar-refractivity contribution is 0.0947. The lowest BCUT2D eigenvalue weighted by Crippen LogP contribution is -2.31. The van der Waals surface area contributed by atoms with Gasteiger partial charge in [-0.15, -0.1) is 0 Å². The van der Waals surface area contributed by atoms with E-state index in [4.69, 9.17) is 0 Å². The largest absolute Gasteiger partial charge is 0.346 e. The van der Waals surface area contributed by atoms with E-state index in [2.05, 4.69) is 25.5 Å². The maximum absolute atomic E-state index is 12.1. The molecule has 20 heavy (non-hydrogen) atoms. The highest BCUT2D eigenvalue weighted by Gasteiger charge is 2.27. The maximum Gasteiger partial charge on any atom is 0.264 e. The van der Waals surface area contributed by atoms with Crippen molar-refractivity contribution in [1.29, 1.82) is 0 Å². The van der Waals surface area contributed by atoms with Gasteiger partial charge in [0.05, 0.1) is 17.9 Å². The Hall–Kier alpha value is -2.44. The minimum Gasteiger partial charge on any atom is -0.346 e. The lowest BCUT2D eigenvalue weighted by Gasteiger charge is -2.07. The van der Waals surface area contributed by atoms with E-state index in [1.807, 2.05) is 0 Å². The second-order valence-corrected chi connectivity index (χ2v) is 4.95. The highest BCUT2D eigenvalue weighted by Crippen LogP contribution is 2.37. The zero-order chi connectivity index (χ0) is 14.1. The van der Waals surface area contributed by atoms with Gasteiger partial charge in [0.1, 0.15) is 11.4 Å².